The van der Waals surface area contributed by atoms with Crippen LogP contribution in [-0.2, 0) is 0 Å². The fourth-order valence-corrected chi connectivity index (χ4v) is 2.40. The van der Waals surface area contributed by atoms with Gasteiger partial charge >= 0.3 is 0 Å². The lowest BCUT2D eigenvalue weighted by atomic mass is 9.98. The molecule has 1 unspecified atom stereocenters. The highest BCUT2D eigenvalue weighted by molar-refractivity contribution is 5.63. The van der Waals surface area contributed by atoms with E-state index >= 15 is 0 Å². The van der Waals surface area contributed by atoms with Gasteiger partial charge < -0.3 is 10.2 Å². The topological polar surface area (TPSA) is 40.5 Å². The molecule has 0 aliphatic carbocycles. The predicted molar refractivity (Wildman–Crippen MR) is 82.3 cm³/mol. The van der Waals surface area contributed by atoms with Crippen molar-refractivity contribution in [2.45, 2.75) is 31.8 Å². The van der Waals surface area contributed by atoms with E-state index in [9.17, 15) is 13.9 Å². The third-order valence-electron chi connectivity index (χ3n) is 3.67. The Kier molecular flexibility index (Phi) is 6.04. The molecule has 0 heterocycles. The average Bonchev–Trinajstić information content (AvgIpc) is 2.52. The predicted octanol–water partition coefficient (Wildman–Crippen LogP) is 4.22. The van der Waals surface area contributed by atoms with Gasteiger partial charge in [0.05, 0.1) is 6.10 Å². The van der Waals surface area contributed by atoms with E-state index in [1.165, 1.54) is 18.2 Å². The van der Waals surface area contributed by atoms with E-state index in [1.54, 1.807) is 24.3 Å². The Morgan fingerprint density at radius 2 is 1.55 bits per heavy atom. The van der Waals surface area contributed by atoms with Crippen molar-refractivity contribution in [3.8, 4) is 11.1 Å². The molecule has 4 heteroatoms. The summed E-state index contributed by atoms with van der Waals surface area (Å²) in [6, 6.07) is 10.5. The maximum Gasteiger partial charge on any atom is 0.129 e. The van der Waals surface area contributed by atoms with Crippen LogP contribution in [-0.4, -0.2) is 16.8 Å². The summed E-state index contributed by atoms with van der Waals surface area (Å²) in [7, 11) is 0. The van der Waals surface area contributed by atoms with Gasteiger partial charge in [0.2, 0.25) is 0 Å². The lowest BCUT2D eigenvalue weighted by molar-refractivity contribution is 0.157. The molecule has 0 radical (unpaired) electrons. The molecule has 2 nitrogen and oxygen atoms in total. The highest BCUT2D eigenvalue weighted by Gasteiger charge is 2.13. The molecule has 0 fully saturated rings. The van der Waals surface area contributed by atoms with Crippen molar-refractivity contribution in [1.82, 2.24) is 0 Å². The Morgan fingerprint density at radius 3 is 2.18 bits per heavy atom. The molecule has 22 heavy (non-hydrogen) atoms. The van der Waals surface area contributed by atoms with Crippen molar-refractivity contribution in [2.75, 3.05) is 6.61 Å². The standard InChI is InChI=1S/C18H20F2O2/c19-15-8-5-13(6-9-15)14-7-10-16(17(20)12-14)18(22)4-2-1-3-11-21/h5-10,12,18,21-22H,1-4,11H2. The highest BCUT2D eigenvalue weighted by Crippen LogP contribution is 2.27. The van der Waals surface area contributed by atoms with E-state index in [2.05, 4.69) is 0 Å². The molecular weight excluding hydrogens is 286 g/mol. The summed E-state index contributed by atoms with van der Waals surface area (Å²) < 4.78 is 27.1. The second-order valence-corrected chi connectivity index (χ2v) is 5.33. The van der Waals surface area contributed by atoms with E-state index in [-0.39, 0.29) is 18.0 Å². The molecular formula is C18H20F2O2. The van der Waals surface area contributed by atoms with Crippen LogP contribution in [0.15, 0.2) is 42.5 Å². The number of benzene rings is 2. The van der Waals surface area contributed by atoms with Crippen LogP contribution in [0.3, 0.4) is 0 Å². The summed E-state index contributed by atoms with van der Waals surface area (Å²) in [5, 5.41) is 18.7. The SMILES string of the molecule is OCCCCCC(O)c1ccc(-c2ccc(F)cc2)cc1F. The molecule has 2 rings (SSSR count). The molecule has 0 aromatic heterocycles. The molecule has 0 saturated carbocycles. The first-order valence-corrected chi connectivity index (χ1v) is 7.46. The minimum atomic E-state index is -0.846. The van der Waals surface area contributed by atoms with Gasteiger partial charge in [-0.1, -0.05) is 37.1 Å². The number of hydrogen-bond acceptors (Lipinski definition) is 2. The zero-order valence-electron chi connectivity index (χ0n) is 12.3. The van der Waals surface area contributed by atoms with E-state index in [0.29, 0.717) is 18.4 Å². The van der Waals surface area contributed by atoms with Gasteiger partial charge in [-0.25, -0.2) is 8.78 Å². The zero-order chi connectivity index (χ0) is 15.9. The Hall–Kier alpha value is -1.78. The largest absolute Gasteiger partial charge is 0.396 e. The maximum absolute atomic E-state index is 14.2. The van der Waals surface area contributed by atoms with Crippen molar-refractivity contribution in [2.24, 2.45) is 0 Å². The molecule has 0 saturated heterocycles. The summed E-state index contributed by atoms with van der Waals surface area (Å²) in [5.41, 5.74) is 1.65. The normalized spacial score (nSPS) is 12.4. The molecule has 0 amide bonds. The fourth-order valence-electron chi connectivity index (χ4n) is 2.40. The molecule has 0 spiro atoms. The molecule has 0 aliphatic heterocycles. The molecule has 118 valence electrons. The van der Waals surface area contributed by atoms with E-state index in [0.717, 1.165) is 18.4 Å². The number of aliphatic hydroxyl groups is 2. The third kappa shape index (κ3) is 4.36. The van der Waals surface area contributed by atoms with Crippen LogP contribution in [0.1, 0.15) is 37.4 Å². The van der Waals surface area contributed by atoms with Crippen LogP contribution in [0.2, 0.25) is 0 Å². The van der Waals surface area contributed by atoms with Crippen LogP contribution in [0, 0.1) is 11.6 Å². The summed E-state index contributed by atoms with van der Waals surface area (Å²) in [4.78, 5) is 0. The second-order valence-electron chi connectivity index (χ2n) is 5.33. The van der Waals surface area contributed by atoms with E-state index in [1.807, 2.05) is 0 Å². The Bertz CT molecular complexity index is 597. The fraction of sp³-hybridized carbons (Fsp3) is 0.333. The monoisotopic (exact) mass is 306 g/mol. The van der Waals surface area contributed by atoms with Crippen molar-refractivity contribution in [1.29, 1.82) is 0 Å². The molecule has 1 atom stereocenters. The van der Waals surface area contributed by atoms with Crippen LogP contribution in [0.25, 0.3) is 11.1 Å². The lowest BCUT2D eigenvalue weighted by Gasteiger charge is -2.13. The highest BCUT2D eigenvalue weighted by atomic mass is 19.1. The Morgan fingerprint density at radius 1 is 0.864 bits per heavy atom. The summed E-state index contributed by atoms with van der Waals surface area (Å²) >= 11 is 0. The van der Waals surface area contributed by atoms with Crippen LogP contribution in [0.4, 0.5) is 8.78 Å². The number of unbranched alkanes of at least 4 members (excludes halogenated alkanes) is 2. The van der Waals surface area contributed by atoms with Gasteiger partial charge in [-0.05, 0) is 42.2 Å². The number of rotatable bonds is 7. The van der Waals surface area contributed by atoms with Crippen LogP contribution in [0.5, 0.6) is 0 Å². The van der Waals surface area contributed by atoms with E-state index in [4.69, 9.17) is 5.11 Å². The third-order valence-corrected chi connectivity index (χ3v) is 3.67. The average molecular weight is 306 g/mol. The van der Waals surface area contributed by atoms with Gasteiger partial charge in [-0.3, -0.25) is 0 Å². The molecule has 2 aromatic carbocycles. The van der Waals surface area contributed by atoms with Crippen LogP contribution >= 0.6 is 0 Å². The van der Waals surface area contributed by atoms with Crippen LogP contribution < -0.4 is 0 Å². The Balaban J connectivity index is 2.07. The molecule has 0 aliphatic rings. The summed E-state index contributed by atoms with van der Waals surface area (Å²) in [6.07, 6.45) is 1.86. The van der Waals surface area contributed by atoms with Gasteiger partial charge in [-0.2, -0.15) is 0 Å². The van der Waals surface area contributed by atoms with E-state index < -0.39 is 11.9 Å². The zero-order valence-corrected chi connectivity index (χ0v) is 12.3. The van der Waals surface area contributed by atoms with Gasteiger partial charge in [0.1, 0.15) is 11.6 Å². The first-order valence-electron chi connectivity index (χ1n) is 7.46. The van der Waals surface area contributed by atoms with Crippen molar-refractivity contribution >= 4 is 0 Å². The minimum absolute atomic E-state index is 0.136. The van der Waals surface area contributed by atoms with Crippen molar-refractivity contribution < 1.29 is 19.0 Å². The van der Waals surface area contributed by atoms with Crippen molar-refractivity contribution in [3.63, 3.8) is 0 Å². The number of aliphatic hydroxyl groups excluding tert-OH is 2. The molecule has 2 N–H and O–H groups in total. The number of halogens is 2. The first-order chi connectivity index (χ1) is 10.6. The second kappa shape index (κ2) is 8.01. The van der Waals surface area contributed by atoms with Crippen molar-refractivity contribution in [3.05, 3.63) is 59.7 Å². The smallest absolute Gasteiger partial charge is 0.129 e. The summed E-state index contributed by atoms with van der Waals surface area (Å²) in [5.74, 6) is -0.796. The molecule has 2 aromatic rings. The summed E-state index contributed by atoms with van der Waals surface area (Å²) in [6.45, 7) is 0.136. The molecule has 0 bridgehead atoms. The van der Waals surface area contributed by atoms with Gasteiger partial charge in [0.15, 0.2) is 0 Å². The lowest BCUT2D eigenvalue weighted by Crippen LogP contribution is -2.01. The number of hydrogen-bond donors (Lipinski definition) is 2. The maximum atomic E-state index is 14.2. The minimum Gasteiger partial charge on any atom is -0.396 e. The van der Waals surface area contributed by atoms with Gasteiger partial charge in [-0.15, -0.1) is 0 Å². The van der Waals surface area contributed by atoms with Gasteiger partial charge in [0, 0.05) is 12.2 Å². The van der Waals surface area contributed by atoms with Gasteiger partial charge in [0.25, 0.3) is 0 Å². The Labute approximate surface area is 129 Å². The quantitative estimate of drug-likeness (QED) is 0.752. The first kappa shape index (κ1) is 16.6.